The van der Waals surface area contributed by atoms with Gasteiger partial charge in [-0.05, 0) is 31.9 Å². The van der Waals surface area contributed by atoms with E-state index in [4.69, 9.17) is 5.73 Å². The van der Waals surface area contributed by atoms with E-state index < -0.39 is 5.91 Å². The first-order valence-electron chi connectivity index (χ1n) is 7.69. The lowest BCUT2D eigenvalue weighted by Gasteiger charge is -2.25. The van der Waals surface area contributed by atoms with Crippen LogP contribution in [0.25, 0.3) is 11.0 Å². The predicted molar refractivity (Wildman–Crippen MR) is 83.0 cm³/mol. The molecular weight excluding hydrogens is 264 g/mol. The van der Waals surface area contributed by atoms with E-state index in [1.807, 2.05) is 12.1 Å². The van der Waals surface area contributed by atoms with Crippen LogP contribution in [-0.2, 0) is 0 Å². The molecule has 1 amide bonds. The van der Waals surface area contributed by atoms with E-state index in [1.165, 1.54) is 32.1 Å². The number of carbonyl (C=O) groups is 1. The van der Waals surface area contributed by atoms with E-state index in [0.717, 1.165) is 11.3 Å². The second kappa shape index (κ2) is 5.85. The number of primary amides is 1. The summed E-state index contributed by atoms with van der Waals surface area (Å²) in [5.41, 5.74) is 7.40. The molecule has 21 heavy (non-hydrogen) atoms. The summed E-state index contributed by atoms with van der Waals surface area (Å²) in [7, 11) is 0. The summed E-state index contributed by atoms with van der Waals surface area (Å²) in [6.45, 7) is 2.11. The number of hydrogen-bond acceptors (Lipinski definition) is 3. The van der Waals surface area contributed by atoms with Gasteiger partial charge in [0, 0.05) is 6.04 Å². The van der Waals surface area contributed by atoms with Gasteiger partial charge < -0.3 is 16.0 Å². The van der Waals surface area contributed by atoms with Gasteiger partial charge in [-0.15, -0.1) is 0 Å². The van der Waals surface area contributed by atoms with E-state index in [2.05, 4.69) is 22.2 Å². The standard InChI is InChI=1S/C16H22N4O/c1-10(18-11-6-3-2-4-7-11)16-19-13-9-5-8-12(15(17)21)14(13)20-16/h5,8-11,18H,2-4,6-7H2,1H3,(H2,17,21)(H,19,20). The number of nitrogens with zero attached hydrogens (tertiary/aromatic N) is 1. The van der Waals surface area contributed by atoms with Gasteiger partial charge in [-0.1, -0.05) is 25.3 Å². The van der Waals surface area contributed by atoms with Crippen LogP contribution in [0, 0.1) is 0 Å². The number of nitrogens with one attached hydrogen (secondary N) is 2. The number of aromatic nitrogens is 2. The normalized spacial score (nSPS) is 18.0. The van der Waals surface area contributed by atoms with Crippen molar-refractivity contribution in [2.75, 3.05) is 0 Å². The first-order valence-corrected chi connectivity index (χ1v) is 7.69. The zero-order chi connectivity index (χ0) is 14.8. The quantitative estimate of drug-likeness (QED) is 0.808. The summed E-state index contributed by atoms with van der Waals surface area (Å²) in [6.07, 6.45) is 6.42. The molecule has 1 atom stereocenters. The Balaban J connectivity index is 1.83. The Morgan fingerprint density at radius 1 is 1.38 bits per heavy atom. The number of carbonyl (C=O) groups excluding carboxylic acids is 1. The number of fused-ring (bicyclic) bond motifs is 1. The number of nitrogens with two attached hydrogens (primary N) is 1. The molecule has 0 saturated heterocycles. The van der Waals surface area contributed by atoms with Crippen molar-refractivity contribution in [3.05, 3.63) is 29.6 Å². The molecule has 1 unspecified atom stereocenters. The van der Waals surface area contributed by atoms with Gasteiger partial charge in [-0.2, -0.15) is 0 Å². The lowest BCUT2D eigenvalue weighted by molar-refractivity contribution is 0.100. The first-order chi connectivity index (χ1) is 10.1. The van der Waals surface area contributed by atoms with Crippen LogP contribution < -0.4 is 11.1 Å². The van der Waals surface area contributed by atoms with E-state index in [1.54, 1.807) is 6.07 Å². The molecular formula is C16H22N4O. The molecule has 0 aliphatic heterocycles. The van der Waals surface area contributed by atoms with Gasteiger partial charge in [0.25, 0.3) is 5.91 Å². The fourth-order valence-electron chi connectivity index (χ4n) is 3.16. The summed E-state index contributed by atoms with van der Waals surface area (Å²) in [5, 5.41) is 3.63. The van der Waals surface area contributed by atoms with Crippen molar-refractivity contribution in [1.29, 1.82) is 0 Å². The Labute approximate surface area is 124 Å². The second-order valence-electron chi connectivity index (χ2n) is 5.91. The number of benzene rings is 1. The maximum atomic E-state index is 11.5. The monoisotopic (exact) mass is 286 g/mol. The predicted octanol–water partition coefficient (Wildman–Crippen LogP) is 2.65. The zero-order valence-electron chi connectivity index (χ0n) is 12.4. The van der Waals surface area contributed by atoms with Crippen LogP contribution in [-0.4, -0.2) is 21.9 Å². The molecule has 2 aromatic rings. The average Bonchev–Trinajstić information content (AvgIpc) is 2.92. The lowest BCUT2D eigenvalue weighted by Crippen LogP contribution is -2.33. The molecule has 1 aromatic heterocycles. The average molecular weight is 286 g/mol. The number of hydrogen-bond donors (Lipinski definition) is 3. The molecule has 5 heteroatoms. The Morgan fingerprint density at radius 2 is 2.14 bits per heavy atom. The molecule has 112 valence electrons. The molecule has 1 heterocycles. The Hall–Kier alpha value is -1.88. The van der Waals surface area contributed by atoms with Gasteiger partial charge in [0.1, 0.15) is 11.3 Å². The Kier molecular flexibility index (Phi) is 3.92. The summed E-state index contributed by atoms with van der Waals surface area (Å²) in [4.78, 5) is 19.3. The molecule has 1 aliphatic rings. The third-order valence-corrected chi connectivity index (χ3v) is 4.30. The SMILES string of the molecule is CC(NC1CCCCC1)c1nc2c(C(N)=O)cccc2[nH]1. The molecule has 4 N–H and O–H groups in total. The van der Waals surface area contributed by atoms with Gasteiger partial charge in [0.05, 0.1) is 17.1 Å². The minimum atomic E-state index is -0.438. The highest BCUT2D eigenvalue weighted by atomic mass is 16.1. The third kappa shape index (κ3) is 2.93. The number of imidazole rings is 1. The second-order valence-corrected chi connectivity index (χ2v) is 5.91. The highest BCUT2D eigenvalue weighted by Gasteiger charge is 2.19. The third-order valence-electron chi connectivity index (χ3n) is 4.30. The van der Waals surface area contributed by atoms with Gasteiger partial charge >= 0.3 is 0 Å². The lowest BCUT2D eigenvalue weighted by atomic mass is 9.95. The van der Waals surface area contributed by atoms with Crippen LogP contribution >= 0.6 is 0 Å². The highest BCUT2D eigenvalue weighted by Crippen LogP contribution is 2.23. The van der Waals surface area contributed by atoms with Crippen molar-refractivity contribution in [2.24, 2.45) is 5.73 Å². The summed E-state index contributed by atoms with van der Waals surface area (Å²) < 4.78 is 0. The molecule has 1 aliphatic carbocycles. The molecule has 1 fully saturated rings. The maximum absolute atomic E-state index is 11.5. The largest absolute Gasteiger partial charge is 0.366 e. The number of para-hydroxylation sites is 1. The Bertz CT molecular complexity index is 643. The van der Waals surface area contributed by atoms with Crippen molar-refractivity contribution < 1.29 is 4.79 Å². The van der Waals surface area contributed by atoms with Crippen LogP contribution in [0.2, 0.25) is 0 Å². The van der Waals surface area contributed by atoms with Gasteiger partial charge in [0.2, 0.25) is 0 Å². The fraction of sp³-hybridized carbons (Fsp3) is 0.500. The van der Waals surface area contributed by atoms with Crippen LogP contribution in [0.5, 0.6) is 0 Å². The molecule has 0 radical (unpaired) electrons. The smallest absolute Gasteiger partial charge is 0.250 e. The number of amides is 1. The van der Waals surface area contributed by atoms with Crippen LogP contribution in [0.4, 0.5) is 0 Å². The van der Waals surface area contributed by atoms with Crippen LogP contribution in [0.15, 0.2) is 18.2 Å². The van der Waals surface area contributed by atoms with E-state index in [0.29, 0.717) is 17.1 Å². The summed E-state index contributed by atoms with van der Waals surface area (Å²) in [6, 6.07) is 6.17. The van der Waals surface area contributed by atoms with Crippen LogP contribution in [0.3, 0.4) is 0 Å². The molecule has 0 bridgehead atoms. The minimum absolute atomic E-state index is 0.140. The number of H-pyrrole nitrogens is 1. The molecule has 3 rings (SSSR count). The summed E-state index contributed by atoms with van der Waals surface area (Å²) in [5.74, 6) is 0.427. The van der Waals surface area contributed by atoms with Gasteiger partial charge in [-0.25, -0.2) is 4.98 Å². The van der Waals surface area contributed by atoms with Crippen molar-refractivity contribution in [2.45, 2.75) is 51.1 Å². The first kappa shape index (κ1) is 14.1. The molecule has 1 aromatic carbocycles. The van der Waals surface area contributed by atoms with Crippen LogP contribution in [0.1, 0.15) is 61.3 Å². The summed E-state index contributed by atoms with van der Waals surface area (Å²) >= 11 is 0. The van der Waals surface area contributed by atoms with E-state index >= 15 is 0 Å². The van der Waals surface area contributed by atoms with Crippen molar-refractivity contribution in [3.63, 3.8) is 0 Å². The minimum Gasteiger partial charge on any atom is -0.366 e. The number of aromatic amines is 1. The van der Waals surface area contributed by atoms with Gasteiger partial charge in [0.15, 0.2) is 0 Å². The molecule has 0 spiro atoms. The molecule has 5 nitrogen and oxygen atoms in total. The van der Waals surface area contributed by atoms with Crippen molar-refractivity contribution >= 4 is 16.9 Å². The Morgan fingerprint density at radius 3 is 2.86 bits per heavy atom. The topological polar surface area (TPSA) is 83.8 Å². The van der Waals surface area contributed by atoms with E-state index in [-0.39, 0.29) is 6.04 Å². The fourth-order valence-corrected chi connectivity index (χ4v) is 3.16. The maximum Gasteiger partial charge on any atom is 0.250 e. The van der Waals surface area contributed by atoms with Crippen molar-refractivity contribution in [3.8, 4) is 0 Å². The molecule has 1 saturated carbocycles. The van der Waals surface area contributed by atoms with Gasteiger partial charge in [-0.3, -0.25) is 4.79 Å². The zero-order valence-corrected chi connectivity index (χ0v) is 12.4. The highest BCUT2D eigenvalue weighted by molar-refractivity contribution is 6.04. The van der Waals surface area contributed by atoms with Crippen molar-refractivity contribution in [1.82, 2.24) is 15.3 Å². The number of rotatable bonds is 4. The van der Waals surface area contributed by atoms with E-state index in [9.17, 15) is 4.79 Å².